The van der Waals surface area contributed by atoms with Crippen molar-refractivity contribution in [1.29, 1.82) is 0 Å². The molecule has 1 heterocycles. The molecule has 0 bridgehead atoms. The molecule has 1 aromatic carbocycles. The highest BCUT2D eigenvalue weighted by Gasteiger charge is 2.10. The standard InChI is InChI=1S/C17H26N4O3S/c1-13(15-5-4-14(22-2)12-16(15)23-3)19-20-17(25)18-6-7-21-8-10-24-11-9-21/h4-5,12H,6-11H2,1-3H3,(H2,18,20,25)/b19-13-. The van der Waals surface area contributed by atoms with Gasteiger partial charge in [0.1, 0.15) is 11.5 Å². The van der Waals surface area contributed by atoms with Gasteiger partial charge in [0.05, 0.1) is 33.1 Å². The number of hydrogen-bond acceptors (Lipinski definition) is 6. The number of rotatable bonds is 7. The molecule has 1 saturated heterocycles. The summed E-state index contributed by atoms with van der Waals surface area (Å²) in [6.45, 7) is 7.14. The lowest BCUT2D eigenvalue weighted by Crippen LogP contribution is -2.42. The van der Waals surface area contributed by atoms with Gasteiger partial charge in [0.25, 0.3) is 0 Å². The maximum Gasteiger partial charge on any atom is 0.187 e. The first-order valence-electron chi connectivity index (χ1n) is 8.24. The molecule has 8 heteroatoms. The molecule has 0 aromatic heterocycles. The minimum Gasteiger partial charge on any atom is -0.497 e. The Morgan fingerprint density at radius 3 is 2.72 bits per heavy atom. The molecule has 0 aliphatic carbocycles. The Morgan fingerprint density at radius 2 is 2.04 bits per heavy atom. The van der Waals surface area contributed by atoms with Crippen molar-refractivity contribution >= 4 is 23.0 Å². The van der Waals surface area contributed by atoms with Crippen molar-refractivity contribution in [3.8, 4) is 11.5 Å². The number of nitrogens with zero attached hydrogens (tertiary/aromatic N) is 2. The van der Waals surface area contributed by atoms with Crippen LogP contribution >= 0.6 is 12.2 Å². The zero-order valence-electron chi connectivity index (χ0n) is 15.0. The quantitative estimate of drug-likeness (QED) is 0.427. The predicted molar refractivity (Wildman–Crippen MR) is 103 cm³/mol. The van der Waals surface area contributed by atoms with Gasteiger partial charge in [0, 0.05) is 37.8 Å². The number of ether oxygens (including phenoxy) is 3. The van der Waals surface area contributed by atoms with Gasteiger partial charge in [-0.1, -0.05) is 0 Å². The monoisotopic (exact) mass is 366 g/mol. The van der Waals surface area contributed by atoms with E-state index in [1.807, 2.05) is 25.1 Å². The molecule has 1 fully saturated rings. The third kappa shape index (κ3) is 6.15. The third-order valence-electron chi connectivity index (χ3n) is 3.94. The van der Waals surface area contributed by atoms with Gasteiger partial charge < -0.3 is 19.5 Å². The van der Waals surface area contributed by atoms with E-state index < -0.39 is 0 Å². The van der Waals surface area contributed by atoms with E-state index in [0.29, 0.717) is 10.9 Å². The van der Waals surface area contributed by atoms with Crippen LogP contribution in [0.4, 0.5) is 0 Å². The van der Waals surface area contributed by atoms with Crippen LogP contribution in [0, 0.1) is 0 Å². The molecule has 0 amide bonds. The van der Waals surface area contributed by atoms with Crippen LogP contribution in [0.5, 0.6) is 11.5 Å². The summed E-state index contributed by atoms with van der Waals surface area (Å²) in [5.74, 6) is 1.44. The van der Waals surface area contributed by atoms with Gasteiger partial charge in [-0.15, -0.1) is 0 Å². The second-order valence-electron chi connectivity index (χ2n) is 5.59. The Kier molecular flexibility index (Phi) is 7.90. The van der Waals surface area contributed by atoms with E-state index in [9.17, 15) is 0 Å². The Labute approximate surface area is 154 Å². The van der Waals surface area contributed by atoms with Gasteiger partial charge in [0.2, 0.25) is 0 Å². The highest BCUT2D eigenvalue weighted by molar-refractivity contribution is 7.80. The Hall–Kier alpha value is -1.90. The minimum atomic E-state index is 0.500. The van der Waals surface area contributed by atoms with Crippen molar-refractivity contribution in [2.45, 2.75) is 6.92 Å². The first-order valence-corrected chi connectivity index (χ1v) is 8.65. The van der Waals surface area contributed by atoms with Crippen molar-refractivity contribution in [3.63, 3.8) is 0 Å². The fraction of sp³-hybridized carbons (Fsp3) is 0.529. The van der Waals surface area contributed by atoms with Gasteiger partial charge in [0.15, 0.2) is 5.11 Å². The summed E-state index contributed by atoms with van der Waals surface area (Å²) in [6.07, 6.45) is 0. The van der Waals surface area contributed by atoms with Crippen molar-refractivity contribution in [2.75, 3.05) is 53.6 Å². The van der Waals surface area contributed by atoms with Gasteiger partial charge in [-0.2, -0.15) is 5.10 Å². The normalized spacial score (nSPS) is 15.6. The first-order chi connectivity index (χ1) is 12.1. The molecule has 0 unspecified atom stereocenters. The van der Waals surface area contributed by atoms with Gasteiger partial charge >= 0.3 is 0 Å². The largest absolute Gasteiger partial charge is 0.497 e. The van der Waals surface area contributed by atoms with Crippen LogP contribution in [0.15, 0.2) is 23.3 Å². The molecular weight excluding hydrogens is 340 g/mol. The Bertz CT molecular complexity index is 604. The summed E-state index contributed by atoms with van der Waals surface area (Å²) >= 11 is 5.27. The van der Waals surface area contributed by atoms with Crippen molar-refractivity contribution in [3.05, 3.63) is 23.8 Å². The summed E-state index contributed by atoms with van der Waals surface area (Å²) in [4.78, 5) is 2.34. The number of nitrogens with one attached hydrogen (secondary N) is 2. The summed E-state index contributed by atoms with van der Waals surface area (Å²) in [5, 5.41) is 8.00. The molecule has 7 nitrogen and oxygen atoms in total. The topological polar surface area (TPSA) is 67.4 Å². The van der Waals surface area contributed by atoms with E-state index in [1.54, 1.807) is 14.2 Å². The van der Waals surface area contributed by atoms with Crippen LogP contribution in [0.3, 0.4) is 0 Å². The van der Waals surface area contributed by atoms with Crippen molar-refractivity contribution < 1.29 is 14.2 Å². The van der Waals surface area contributed by atoms with Gasteiger partial charge in [-0.25, -0.2) is 0 Å². The average Bonchev–Trinajstić information content (AvgIpc) is 2.66. The van der Waals surface area contributed by atoms with E-state index in [0.717, 1.165) is 56.4 Å². The highest BCUT2D eigenvalue weighted by atomic mass is 32.1. The lowest BCUT2D eigenvalue weighted by molar-refractivity contribution is 0.0389. The van der Waals surface area contributed by atoms with Crippen LogP contribution in [0.1, 0.15) is 12.5 Å². The molecule has 0 spiro atoms. The fourth-order valence-electron chi connectivity index (χ4n) is 2.48. The zero-order valence-corrected chi connectivity index (χ0v) is 15.8. The molecular formula is C17H26N4O3S. The maximum absolute atomic E-state index is 5.40. The van der Waals surface area contributed by atoms with Crippen LogP contribution in [0.25, 0.3) is 0 Å². The highest BCUT2D eigenvalue weighted by Crippen LogP contribution is 2.24. The summed E-state index contributed by atoms with van der Waals surface area (Å²) in [6, 6.07) is 5.61. The Balaban J connectivity index is 1.82. The molecule has 0 saturated carbocycles. The first kappa shape index (κ1) is 19.4. The molecule has 1 aliphatic rings. The second kappa shape index (κ2) is 10.2. The van der Waals surface area contributed by atoms with E-state index >= 15 is 0 Å². The smallest absolute Gasteiger partial charge is 0.187 e. The van der Waals surface area contributed by atoms with Crippen LogP contribution in [-0.2, 0) is 4.74 Å². The number of hydrogen-bond donors (Lipinski definition) is 2. The molecule has 2 rings (SSSR count). The fourth-order valence-corrected chi connectivity index (χ4v) is 2.63. The van der Waals surface area contributed by atoms with Crippen molar-refractivity contribution in [1.82, 2.24) is 15.6 Å². The zero-order chi connectivity index (χ0) is 18.1. The summed E-state index contributed by atoms with van der Waals surface area (Å²) in [7, 11) is 3.24. The lowest BCUT2D eigenvalue weighted by atomic mass is 10.1. The minimum absolute atomic E-state index is 0.500. The molecule has 1 aromatic rings. The second-order valence-corrected chi connectivity index (χ2v) is 5.99. The van der Waals surface area contributed by atoms with E-state index in [1.165, 1.54) is 0 Å². The summed E-state index contributed by atoms with van der Waals surface area (Å²) in [5.41, 5.74) is 4.53. The van der Waals surface area contributed by atoms with Gasteiger partial charge in [-0.3, -0.25) is 10.3 Å². The average molecular weight is 366 g/mol. The summed E-state index contributed by atoms with van der Waals surface area (Å²) < 4.78 is 15.9. The van der Waals surface area contributed by atoms with E-state index in [2.05, 4.69) is 20.7 Å². The Morgan fingerprint density at radius 1 is 1.28 bits per heavy atom. The molecule has 25 heavy (non-hydrogen) atoms. The van der Waals surface area contributed by atoms with E-state index in [-0.39, 0.29) is 0 Å². The molecule has 138 valence electrons. The van der Waals surface area contributed by atoms with Crippen LogP contribution in [-0.4, -0.2) is 69.3 Å². The molecule has 0 atom stereocenters. The number of hydrazone groups is 1. The molecule has 0 radical (unpaired) electrons. The van der Waals surface area contributed by atoms with E-state index in [4.69, 9.17) is 26.4 Å². The number of morpholine rings is 1. The number of thiocarbonyl (C=S) groups is 1. The van der Waals surface area contributed by atoms with Crippen LogP contribution < -0.4 is 20.2 Å². The maximum atomic E-state index is 5.40. The number of benzene rings is 1. The molecule has 1 aliphatic heterocycles. The van der Waals surface area contributed by atoms with Crippen LogP contribution in [0.2, 0.25) is 0 Å². The van der Waals surface area contributed by atoms with Crippen molar-refractivity contribution in [2.24, 2.45) is 5.10 Å². The van der Waals surface area contributed by atoms with Gasteiger partial charge in [-0.05, 0) is 31.3 Å². The number of methoxy groups -OCH3 is 2. The predicted octanol–water partition coefficient (Wildman–Crippen LogP) is 1.22. The lowest BCUT2D eigenvalue weighted by Gasteiger charge is -2.26. The molecule has 2 N–H and O–H groups in total. The SMILES string of the molecule is COc1ccc(/C(C)=N\NC(=S)NCCN2CCOCC2)c(OC)c1. The third-order valence-corrected chi connectivity index (χ3v) is 4.18.